The van der Waals surface area contributed by atoms with Gasteiger partial charge in [-0.1, -0.05) is 42.5 Å². The van der Waals surface area contributed by atoms with Crippen molar-refractivity contribution in [3.63, 3.8) is 0 Å². The fraction of sp³-hybridized carbons (Fsp3) is 0.200. The van der Waals surface area contributed by atoms with Crippen LogP contribution in [0.1, 0.15) is 5.56 Å². The van der Waals surface area contributed by atoms with Crippen molar-refractivity contribution in [3.8, 4) is 0 Å². The van der Waals surface area contributed by atoms with Crippen molar-refractivity contribution in [1.29, 1.82) is 0 Å². The molecule has 4 rings (SSSR count). The van der Waals surface area contributed by atoms with E-state index in [9.17, 15) is 19.5 Å². The molecule has 2 aromatic carbocycles. The van der Waals surface area contributed by atoms with Gasteiger partial charge >= 0.3 is 35.2 Å². The van der Waals surface area contributed by atoms with Crippen LogP contribution in [0, 0.1) is 0 Å². The number of carbonyl (C=O) groups excluding carboxylic acids is 1. The van der Waals surface area contributed by atoms with Crippen LogP contribution in [-0.2, 0) is 32.4 Å². The Labute approximate surface area is 188 Å². The van der Waals surface area contributed by atoms with Crippen LogP contribution in [0.15, 0.2) is 58.4 Å². The topological polar surface area (TPSA) is 102 Å². The van der Waals surface area contributed by atoms with Crippen molar-refractivity contribution in [2.45, 2.75) is 6.42 Å². The summed E-state index contributed by atoms with van der Waals surface area (Å²) < 4.78 is 4.04. The Morgan fingerprint density at radius 2 is 1.66 bits per heavy atom. The molecule has 0 aliphatic rings. The molecular formula is C20H19N4NaO4. The second kappa shape index (κ2) is 9.21. The van der Waals surface area contributed by atoms with Gasteiger partial charge in [0.2, 0.25) is 0 Å². The van der Waals surface area contributed by atoms with Crippen LogP contribution >= 0.6 is 0 Å². The van der Waals surface area contributed by atoms with Gasteiger partial charge in [-0.15, -0.1) is 0 Å². The van der Waals surface area contributed by atoms with Crippen molar-refractivity contribution in [2.24, 2.45) is 21.1 Å². The van der Waals surface area contributed by atoms with Crippen LogP contribution in [0.5, 0.6) is 0 Å². The first-order valence-electron chi connectivity index (χ1n) is 8.54. The van der Waals surface area contributed by atoms with Crippen molar-refractivity contribution >= 4 is 27.9 Å². The van der Waals surface area contributed by atoms with Crippen LogP contribution in [0.4, 0.5) is 0 Å². The second-order valence-corrected chi connectivity index (χ2v) is 6.42. The number of aliphatic carboxylic acids is 1. The molecule has 0 atom stereocenters. The molecule has 0 radical (unpaired) electrons. The molecule has 144 valence electrons. The van der Waals surface area contributed by atoms with E-state index < -0.39 is 5.97 Å². The van der Waals surface area contributed by atoms with Crippen molar-refractivity contribution in [2.75, 3.05) is 0 Å². The Hall–Kier alpha value is -2.68. The summed E-state index contributed by atoms with van der Waals surface area (Å²) >= 11 is 0. The maximum atomic E-state index is 11.7. The zero-order chi connectivity index (χ0) is 20.4. The molecule has 0 amide bonds. The number of benzene rings is 2. The number of fused-ring (bicyclic) bond motifs is 2. The van der Waals surface area contributed by atoms with Gasteiger partial charge < -0.3 is 14.5 Å². The number of aromatic nitrogens is 4. The van der Waals surface area contributed by atoms with E-state index in [2.05, 4.69) is 4.98 Å². The van der Waals surface area contributed by atoms with E-state index in [1.807, 2.05) is 42.5 Å². The van der Waals surface area contributed by atoms with Crippen LogP contribution in [0.25, 0.3) is 21.9 Å². The number of carboxylic acids is 1. The fourth-order valence-electron chi connectivity index (χ4n) is 3.07. The SMILES string of the molecule is Cn1c(=O)c2c(ncn2C)n(C)c1=O.O=C([O-])Cc1cccc2ccccc12.[Na+]. The number of carboxylic acid groups (broad SMARTS) is 1. The fourth-order valence-corrected chi connectivity index (χ4v) is 3.07. The quantitative estimate of drug-likeness (QED) is 0.335. The van der Waals surface area contributed by atoms with E-state index in [4.69, 9.17) is 0 Å². The minimum absolute atomic E-state index is 0. The Morgan fingerprint density at radius 3 is 2.34 bits per heavy atom. The number of hydrogen-bond donors (Lipinski definition) is 0. The normalized spacial score (nSPS) is 10.3. The Kier molecular flexibility index (Phi) is 7.18. The maximum Gasteiger partial charge on any atom is 1.00 e. The van der Waals surface area contributed by atoms with E-state index in [1.165, 1.54) is 17.9 Å². The van der Waals surface area contributed by atoms with Gasteiger partial charge in [0.1, 0.15) is 0 Å². The van der Waals surface area contributed by atoms with Crippen molar-refractivity contribution < 1.29 is 39.5 Å². The first-order valence-corrected chi connectivity index (χ1v) is 8.54. The number of hydrogen-bond acceptors (Lipinski definition) is 5. The van der Waals surface area contributed by atoms with Crippen LogP contribution in [0.2, 0.25) is 0 Å². The first-order chi connectivity index (χ1) is 13.3. The number of carbonyl (C=O) groups is 1. The van der Waals surface area contributed by atoms with Gasteiger partial charge in [-0.3, -0.25) is 13.9 Å². The van der Waals surface area contributed by atoms with Crippen molar-refractivity contribution in [3.05, 3.63) is 75.2 Å². The average Bonchev–Trinajstić information content (AvgIpc) is 3.07. The number of imidazole rings is 1. The van der Waals surface area contributed by atoms with Crippen molar-refractivity contribution in [1.82, 2.24) is 18.7 Å². The molecule has 0 N–H and O–H groups in total. The van der Waals surface area contributed by atoms with Gasteiger partial charge in [-0.25, -0.2) is 9.78 Å². The van der Waals surface area contributed by atoms with Crippen LogP contribution in [-0.4, -0.2) is 24.7 Å². The van der Waals surface area contributed by atoms with E-state index in [1.54, 1.807) is 18.7 Å². The van der Waals surface area contributed by atoms with Crippen LogP contribution in [0.3, 0.4) is 0 Å². The number of nitrogens with zero attached hydrogens (tertiary/aromatic N) is 4. The third kappa shape index (κ3) is 4.50. The zero-order valence-electron chi connectivity index (χ0n) is 16.7. The molecule has 0 aliphatic heterocycles. The number of aryl methyl sites for hydroxylation is 2. The molecule has 8 nitrogen and oxygen atoms in total. The molecule has 0 aliphatic carbocycles. The molecule has 9 heteroatoms. The molecule has 0 saturated carbocycles. The standard InChI is InChI=1S/C12H10O2.C8H10N4O2.Na/c13-12(14)8-10-6-3-5-9-4-1-2-7-11(9)10;1-10-4-9-6-5(10)7(13)12(3)8(14)11(6)2;/h1-7H,8H2,(H,13,14);4H,1-3H3;/q;;+1/p-1. The smallest absolute Gasteiger partial charge is 0.550 e. The molecule has 0 saturated heterocycles. The molecule has 4 aromatic rings. The molecule has 2 aromatic heterocycles. The molecule has 29 heavy (non-hydrogen) atoms. The monoisotopic (exact) mass is 402 g/mol. The van der Waals surface area contributed by atoms with Gasteiger partial charge in [0.15, 0.2) is 11.2 Å². The largest absolute Gasteiger partial charge is 1.00 e. The van der Waals surface area contributed by atoms with Gasteiger partial charge in [0.25, 0.3) is 5.56 Å². The summed E-state index contributed by atoms with van der Waals surface area (Å²) in [6.07, 6.45) is 1.49. The molecule has 0 unspecified atom stereocenters. The van der Waals surface area contributed by atoms with Gasteiger partial charge in [0.05, 0.1) is 6.33 Å². The van der Waals surface area contributed by atoms with Gasteiger partial charge in [-0.2, -0.15) is 0 Å². The minimum atomic E-state index is -1.04. The summed E-state index contributed by atoms with van der Waals surface area (Å²) in [7, 11) is 4.77. The zero-order valence-corrected chi connectivity index (χ0v) is 18.7. The summed E-state index contributed by atoms with van der Waals surface area (Å²) in [6, 6.07) is 13.4. The van der Waals surface area contributed by atoms with Gasteiger partial charge in [0, 0.05) is 33.5 Å². The first kappa shape index (κ1) is 22.6. The molecule has 0 fully saturated rings. The number of rotatable bonds is 2. The Morgan fingerprint density at radius 1 is 1.00 bits per heavy atom. The molecule has 0 spiro atoms. The van der Waals surface area contributed by atoms with E-state index in [0.717, 1.165) is 20.9 Å². The predicted molar refractivity (Wildman–Crippen MR) is 104 cm³/mol. The minimum Gasteiger partial charge on any atom is -0.550 e. The van der Waals surface area contributed by atoms with E-state index >= 15 is 0 Å². The van der Waals surface area contributed by atoms with Gasteiger partial charge in [-0.05, 0) is 16.3 Å². The van der Waals surface area contributed by atoms with E-state index in [0.29, 0.717) is 11.2 Å². The summed E-state index contributed by atoms with van der Waals surface area (Å²) in [5.41, 5.74) is 0.989. The maximum absolute atomic E-state index is 11.7. The summed E-state index contributed by atoms with van der Waals surface area (Å²) in [5.74, 6) is -1.04. The Bertz CT molecular complexity index is 1300. The third-order valence-electron chi connectivity index (χ3n) is 4.53. The third-order valence-corrected chi connectivity index (χ3v) is 4.53. The molecule has 2 heterocycles. The second-order valence-electron chi connectivity index (χ2n) is 6.42. The average molecular weight is 402 g/mol. The molecule has 0 bridgehead atoms. The summed E-state index contributed by atoms with van der Waals surface area (Å²) in [6.45, 7) is 0. The predicted octanol–water partition coefficient (Wildman–Crippen LogP) is -2.89. The summed E-state index contributed by atoms with van der Waals surface area (Å²) in [5, 5.41) is 12.5. The van der Waals surface area contributed by atoms with E-state index in [-0.39, 0.29) is 47.2 Å². The summed E-state index contributed by atoms with van der Waals surface area (Å²) in [4.78, 5) is 37.7. The molecular weight excluding hydrogens is 383 g/mol. The van der Waals surface area contributed by atoms with Crippen LogP contribution < -0.4 is 45.9 Å². The Balaban J connectivity index is 0.000000200.